The van der Waals surface area contributed by atoms with Crippen LogP contribution in [0.25, 0.3) is 11.3 Å². The summed E-state index contributed by atoms with van der Waals surface area (Å²) in [4.78, 5) is 17.4. The average Bonchev–Trinajstić information content (AvgIpc) is 3.16. The SMILES string of the molecule is Cl.NCC1(C(=O)Nc2nc(-c3ccc4c(c3)CCCC4)cs2)CCOCC1. The molecule has 2 aromatic rings. The van der Waals surface area contributed by atoms with Crippen molar-refractivity contribution in [3.63, 3.8) is 0 Å². The van der Waals surface area contributed by atoms with Gasteiger partial charge in [-0.1, -0.05) is 12.1 Å². The Kier molecular flexibility index (Phi) is 6.52. The van der Waals surface area contributed by atoms with Crippen molar-refractivity contribution in [1.82, 2.24) is 4.98 Å². The Morgan fingerprint density at radius 2 is 1.96 bits per heavy atom. The van der Waals surface area contributed by atoms with Gasteiger partial charge >= 0.3 is 0 Å². The molecule has 1 aliphatic heterocycles. The van der Waals surface area contributed by atoms with Gasteiger partial charge in [0.15, 0.2) is 5.13 Å². The highest BCUT2D eigenvalue weighted by Gasteiger charge is 2.39. The molecule has 146 valence electrons. The molecule has 0 spiro atoms. The minimum Gasteiger partial charge on any atom is -0.381 e. The van der Waals surface area contributed by atoms with Crippen LogP contribution in [0, 0.1) is 5.41 Å². The number of hydrogen-bond acceptors (Lipinski definition) is 5. The lowest BCUT2D eigenvalue weighted by atomic mass is 9.79. The summed E-state index contributed by atoms with van der Waals surface area (Å²) < 4.78 is 5.39. The Bertz CT molecular complexity index is 802. The van der Waals surface area contributed by atoms with E-state index in [0.717, 1.165) is 17.7 Å². The summed E-state index contributed by atoms with van der Waals surface area (Å²) in [5.74, 6) is -0.0327. The number of aryl methyl sites for hydroxylation is 2. The molecule has 7 heteroatoms. The zero-order valence-electron chi connectivity index (χ0n) is 15.3. The number of nitrogens with one attached hydrogen (secondary N) is 1. The second kappa shape index (κ2) is 8.69. The van der Waals surface area contributed by atoms with Crippen LogP contribution < -0.4 is 11.1 Å². The molecule has 2 heterocycles. The van der Waals surface area contributed by atoms with E-state index in [1.807, 2.05) is 5.38 Å². The quantitative estimate of drug-likeness (QED) is 0.807. The van der Waals surface area contributed by atoms with E-state index in [1.165, 1.54) is 41.7 Å². The predicted molar refractivity (Wildman–Crippen MR) is 112 cm³/mol. The Balaban J connectivity index is 0.00000210. The third-order valence-corrected chi connectivity index (χ3v) is 6.45. The fourth-order valence-corrected chi connectivity index (χ4v) is 4.59. The number of anilines is 1. The predicted octanol–water partition coefficient (Wildman–Crippen LogP) is 3.80. The van der Waals surface area contributed by atoms with Crippen molar-refractivity contribution in [3.05, 3.63) is 34.7 Å². The van der Waals surface area contributed by atoms with E-state index >= 15 is 0 Å². The van der Waals surface area contributed by atoms with Gasteiger partial charge < -0.3 is 15.8 Å². The number of ether oxygens (including phenoxy) is 1. The first-order valence-electron chi connectivity index (χ1n) is 9.37. The summed E-state index contributed by atoms with van der Waals surface area (Å²) in [7, 11) is 0. The van der Waals surface area contributed by atoms with E-state index in [0.29, 0.717) is 37.7 Å². The maximum atomic E-state index is 12.8. The van der Waals surface area contributed by atoms with Crippen LogP contribution in [0.1, 0.15) is 36.8 Å². The molecule has 0 bridgehead atoms. The number of rotatable bonds is 4. The van der Waals surface area contributed by atoms with Gasteiger partial charge in [-0.2, -0.15) is 0 Å². The normalized spacial score (nSPS) is 18.3. The fraction of sp³-hybridized carbons (Fsp3) is 0.500. The zero-order chi connectivity index (χ0) is 18.0. The second-order valence-corrected chi connectivity index (χ2v) is 8.14. The summed E-state index contributed by atoms with van der Waals surface area (Å²) >= 11 is 1.47. The third-order valence-electron chi connectivity index (χ3n) is 5.69. The molecule has 27 heavy (non-hydrogen) atoms. The molecular formula is C20H26ClN3O2S. The van der Waals surface area contributed by atoms with Gasteiger partial charge in [-0.25, -0.2) is 4.98 Å². The van der Waals surface area contributed by atoms with E-state index in [-0.39, 0.29) is 18.3 Å². The highest BCUT2D eigenvalue weighted by Crippen LogP contribution is 2.33. The molecule has 0 radical (unpaired) electrons. The number of hydrogen-bond donors (Lipinski definition) is 2. The number of carbonyl (C=O) groups is 1. The standard InChI is InChI=1S/C20H25N3O2S.ClH/c21-13-20(7-9-25-10-8-20)18(24)23-19-22-17(12-26-19)16-6-5-14-3-1-2-4-15(14)11-16;/h5-6,11-12H,1-4,7-10,13,21H2,(H,22,23,24);1H. The van der Waals surface area contributed by atoms with Gasteiger partial charge in [0.25, 0.3) is 0 Å². The Morgan fingerprint density at radius 1 is 1.22 bits per heavy atom. The molecule has 5 nitrogen and oxygen atoms in total. The topological polar surface area (TPSA) is 77.2 Å². The van der Waals surface area contributed by atoms with E-state index in [4.69, 9.17) is 10.5 Å². The number of thiazole rings is 1. The highest BCUT2D eigenvalue weighted by molar-refractivity contribution is 7.14. The number of halogens is 1. The lowest BCUT2D eigenvalue weighted by molar-refractivity contribution is -0.130. The van der Waals surface area contributed by atoms with Gasteiger partial charge in [0.1, 0.15) is 0 Å². The Labute approximate surface area is 170 Å². The summed E-state index contributed by atoms with van der Waals surface area (Å²) in [6.07, 6.45) is 6.21. The molecule has 4 rings (SSSR count). The summed E-state index contributed by atoms with van der Waals surface area (Å²) in [6, 6.07) is 6.63. The molecule has 1 aromatic heterocycles. The number of nitrogens with two attached hydrogens (primary N) is 1. The van der Waals surface area contributed by atoms with Crippen LogP contribution in [0.15, 0.2) is 23.6 Å². The molecule has 1 fully saturated rings. The molecular weight excluding hydrogens is 382 g/mol. The molecule has 1 saturated heterocycles. The minimum absolute atomic E-state index is 0. The molecule has 0 saturated carbocycles. The average molecular weight is 408 g/mol. The second-order valence-electron chi connectivity index (χ2n) is 7.28. The fourth-order valence-electron chi connectivity index (χ4n) is 3.87. The van der Waals surface area contributed by atoms with Crippen LogP contribution in [-0.2, 0) is 22.4 Å². The lowest BCUT2D eigenvalue weighted by Crippen LogP contribution is -2.46. The van der Waals surface area contributed by atoms with E-state index in [2.05, 4.69) is 28.5 Å². The van der Waals surface area contributed by atoms with Crippen molar-refractivity contribution in [2.24, 2.45) is 11.1 Å². The van der Waals surface area contributed by atoms with Crippen LogP contribution in [0.3, 0.4) is 0 Å². The molecule has 3 N–H and O–H groups in total. The maximum absolute atomic E-state index is 12.8. The largest absolute Gasteiger partial charge is 0.381 e. The first-order valence-corrected chi connectivity index (χ1v) is 10.3. The summed E-state index contributed by atoms with van der Waals surface area (Å²) in [5, 5.41) is 5.64. The van der Waals surface area contributed by atoms with Gasteiger partial charge in [0.2, 0.25) is 5.91 Å². The van der Waals surface area contributed by atoms with Crippen LogP contribution in [0.5, 0.6) is 0 Å². The van der Waals surface area contributed by atoms with Crippen LogP contribution in [0.2, 0.25) is 0 Å². The van der Waals surface area contributed by atoms with Crippen LogP contribution in [0.4, 0.5) is 5.13 Å². The zero-order valence-corrected chi connectivity index (χ0v) is 17.0. The lowest BCUT2D eigenvalue weighted by Gasteiger charge is -2.34. The van der Waals surface area contributed by atoms with Crippen molar-refractivity contribution in [3.8, 4) is 11.3 Å². The van der Waals surface area contributed by atoms with Gasteiger partial charge in [-0.15, -0.1) is 23.7 Å². The number of nitrogens with zero attached hydrogens (tertiary/aromatic N) is 1. The van der Waals surface area contributed by atoms with Crippen molar-refractivity contribution in [2.75, 3.05) is 25.1 Å². The van der Waals surface area contributed by atoms with Crippen LogP contribution in [-0.4, -0.2) is 30.6 Å². The number of aromatic nitrogens is 1. The number of benzene rings is 1. The van der Waals surface area contributed by atoms with Gasteiger partial charge in [0, 0.05) is 30.7 Å². The van der Waals surface area contributed by atoms with E-state index in [9.17, 15) is 4.79 Å². The highest BCUT2D eigenvalue weighted by atomic mass is 35.5. The first kappa shape index (κ1) is 20.3. The monoisotopic (exact) mass is 407 g/mol. The molecule has 1 aliphatic carbocycles. The number of carbonyl (C=O) groups excluding carboxylic acids is 1. The van der Waals surface area contributed by atoms with E-state index in [1.54, 1.807) is 0 Å². The van der Waals surface area contributed by atoms with Crippen molar-refractivity contribution < 1.29 is 9.53 Å². The Hall–Kier alpha value is -1.47. The maximum Gasteiger partial charge on any atom is 0.233 e. The molecule has 0 atom stereocenters. The molecule has 2 aliphatic rings. The third kappa shape index (κ3) is 4.19. The first-order chi connectivity index (χ1) is 12.7. The van der Waals surface area contributed by atoms with E-state index < -0.39 is 5.41 Å². The Morgan fingerprint density at radius 3 is 2.70 bits per heavy atom. The smallest absolute Gasteiger partial charge is 0.233 e. The summed E-state index contributed by atoms with van der Waals surface area (Å²) in [6.45, 7) is 1.51. The molecule has 0 unspecified atom stereocenters. The van der Waals surface area contributed by atoms with Crippen molar-refractivity contribution in [2.45, 2.75) is 38.5 Å². The van der Waals surface area contributed by atoms with Crippen molar-refractivity contribution >= 4 is 34.8 Å². The summed E-state index contributed by atoms with van der Waals surface area (Å²) in [5.41, 5.74) is 10.3. The van der Waals surface area contributed by atoms with Crippen LogP contribution >= 0.6 is 23.7 Å². The molecule has 1 aromatic carbocycles. The minimum atomic E-state index is -0.532. The number of fused-ring (bicyclic) bond motifs is 1. The molecule has 1 amide bonds. The van der Waals surface area contributed by atoms with Gasteiger partial charge in [0.05, 0.1) is 11.1 Å². The van der Waals surface area contributed by atoms with Crippen molar-refractivity contribution in [1.29, 1.82) is 0 Å². The number of amides is 1. The van der Waals surface area contributed by atoms with Gasteiger partial charge in [-0.05, 0) is 55.7 Å². The van der Waals surface area contributed by atoms with Gasteiger partial charge in [-0.3, -0.25) is 4.79 Å².